The lowest BCUT2D eigenvalue weighted by Gasteiger charge is -2.25. The van der Waals surface area contributed by atoms with E-state index in [1.54, 1.807) is 36.7 Å². The number of fused-ring (bicyclic) bond motifs is 3. The number of benzene rings is 1. The SMILES string of the molecule is COc1cc(C2SC=C3Sc4nnc(C)n4N32)ccc1O. The number of phenolic OH excluding ortho intramolecular Hbond substituents is 1. The second kappa shape index (κ2) is 4.60. The predicted molar refractivity (Wildman–Crippen MR) is 81.9 cm³/mol. The summed E-state index contributed by atoms with van der Waals surface area (Å²) in [6.45, 7) is 1.94. The maximum Gasteiger partial charge on any atom is 0.216 e. The largest absolute Gasteiger partial charge is 0.504 e. The van der Waals surface area contributed by atoms with Crippen LogP contribution in [-0.4, -0.2) is 27.1 Å². The molecule has 1 N–H and O–H groups in total. The average Bonchev–Trinajstić information content (AvgIpc) is 3.12. The van der Waals surface area contributed by atoms with Gasteiger partial charge in [-0.3, -0.25) is 5.01 Å². The molecule has 0 radical (unpaired) electrons. The van der Waals surface area contributed by atoms with Gasteiger partial charge in [-0.2, -0.15) is 0 Å². The number of hydrogen-bond acceptors (Lipinski definition) is 7. The maximum absolute atomic E-state index is 9.75. The summed E-state index contributed by atoms with van der Waals surface area (Å²) in [5.41, 5.74) is 1.06. The molecule has 1 unspecified atom stereocenters. The summed E-state index contributed by atoms with van der Waals surface area (Å²) >= 11 is 3.33. The first-order chi connectivity index (χ1) is 10.2. The molecule has 108 valence electrons. The van der Waals surface area contributed by atoms with Crippen LogP contribution in [0, 0.1) is 6.92 Å². The van der Waals surface area contributed by atoms with E-state index in [0.29, 0.717) is 5.75 Å². The lowest BCUT2D eigenvalue weighted by atomic mass is 10.2. The van der Waals surface area contributed by atoms with Gasteiger partial charge >= 0.3 is 0 Å². The van der Waals surface area contributed by atoms with E-state index >= 15 is 0 Å². The summed E-state index contributed by atoms with van der Waals surface area (Å²) in [5.74, 6) is 1.49. The van der Waals surface area contributed by atoms with Crippen molar-refractivity contribution in [3.63, 3.8) is 0 Å². The van der Waals surface area contributed by atoms with Crippen LogP contribution in [0.4, 0.5) is 0 Å². The summed E-state index contributed by atoms with van der Waals surface area (Å²) in [5, 5.41) is 24.5. The third-order valence-corrected chi connectivity index (χ3v) is 5.60. The zero-order valence-corrected chi connectivity index (χ0v) is 13.0. The molecule has 0 aliphatic carbocycles. The second-order valence-corrected chi connectivity index (χ2v) is 6.61. The highest BCUT2D eigenvalue weighted by molar-refractivity contribution is 8.07. The highest BCUT2D eigenvalue weighted by Gasteiger charge is 2.39. The molecule has 1 aromatic carbocycles. The Balaban J connectivity index is 1.76. The third kappa shape index (κ3) is 1.82. The number of thioether (sulfide) groups is 2. The minimum Gasteiger partial charge on any atom is -0.504 e. The van der Waals surface area contributed by atoms with Gasteiger partial charge < -0.3 is 9.84 Å². The molecule has 0 saturated carbocycles. The number of aromatic hydroxyl groups is 1. The predicted octanol–water partition coefficient (Wildman–Crippen LogP) is 2.59. The van der Waals surface area contributed by atoms with Gasteiger partial charge in [0.25, 0.3) is 0 Å². The van der Waals surface area contributed by atoms with E-state index in [2.05, 4.69) is 20.6 Å². The van der Waals surface area contributed by atoms with Gasteiger partial charge in [-0.25, -0.2) is 4.68 Å². The van der Waals surface area contributed by atoms with Crippen LogP contribution in [-0.2, 0) is 0 Å². The number of aryl methyl sites for hydroxylation is 1. The number of aromatic nitrogens is 3. The van der Waals surface area contributed by atoms with Crippen LogP contribution in [0.15, 0.2) is 33.8 Å². The molecule has 0 bridgehead atoms. The van der Waals surface area contributed by atoms with Crippen molar-refractivity contribution in [3.8, 4) is 11.5 Å². The maximum atomic E-state index is 9.75. The van der Waals surface area contributed by atoms with Crippen LogP contribution in [0.5, 0.6) is 11.5 Å². The average molecular weight is 320 g/mol. The number of nitrogens with zero attached hydrogens (tertiary/aromatic N) is 4. The van der Waals surface area contributed by atoms with Crippen molar-refractivity contribution in [2.45, 2.75) is 17.5 Å². The summed E-state index contributed by atoms with van der Waals surface area (Å²) in [4.78, 5) is 0. The molecule has 0 amide bonds. The van der Waals surface area contributed by atoms with E-state index < -0.39 is 0 Å². The normalized spacial score (nSPS) is 19.4. The number of methoxy groups -OCH3 is 1. The number of hydrogen-bond donors (Lipinski definition) is 1. The van der Waals surface area contributed by atoms with Crippen LogP contribution in [0.2, 0.25) is 0 Å². The molecule has 0 fully saturated rings. The van der Waals surface area contributed by atoms with Crippen molar-refractivity contribution in [1.82, 2.24) is 14.9 Å². The molecule has 0 spiro atoms. The monoisotopic (exact) mass is 320 g/mol. The molecular formula is C13H12N4O2S2. The molecule has 1 atom stereocenters. The van der Waals surface area contributed by atoms with Crippen LogP contribution in [0.3, 0.4) is 0 Å². The molecule has 1 aromatic heterocycles. The Labute approximate surface area is 129 Å². The van der Waals surface area contributed by atoms with Gasteiger partial charge in [-0.15, -0.1) is 10.2 Å². The van der Waals surface area contributed by atoms with Crippen LogP contribution >= 0.6 is 23.5 Å². The van der Waals surface area contributed by atoms with Crippen molar-refractivity contribution in [2.75, 3.05) is 12.1 Å². The summed E-state index contributed by atoms with van der Waals surface area (Å²) < 4.78 is 7.23. The van der Waals surface area contributed by atoms with Gasteiger partial charge in [0.1, 0.15) is 10.4 Å². The van der Waals surface area contributed by atoms with Crippen molar-refractivity contribution in [2.24, 2.45) is 0 Å². The lowest BCUT2D eigenvalue weighted by Crippen LogP contribution is -2.30. The minimum atomic E-state index is 0.0814. The van der Waals surface area contributed by atoms with Gasteiger partial charge in [0.2, 0.25) is 5.16 Å². The summed E-state index contributed by atoms with van der Waals surface area (Å²) in [6, 6.07) is 5.44. The molecule has 3 heterocycles. The standard InChI is InChI=1S/C13H12N4O2S2/c1-7-14-15-13-16(7)17-11(21-13)6-20-12(17)8-3-4-9(18)10(5-8)19-2/h3-6,12,18H,1-2H3. The first-order valence-electron chi connectivity index (χ1n) is 6.31. The zero-order valence-electron chi connectivity index (χ0n) is 11.3. The smallest absolute Gasteiger partial charge is 0.216 e. The highest BCUT2D eigenvalue weighted by atomic mass is 32.2. The van der Waals surface area contributed by atoms with E-state index in [0.717, 1.165) is 21.6 Å². The Hall–Kier alpha value is -1.80. The van der Waals surface area contributed by atoms with Crippen molar-refractivity contribution >= 4 is 23.5 Å². The molecule has 4 rings (SSSR count). The van der Waals surface area contributed by atoms with Crippen LogP contribution in [0.1, 0.15) is 16.8 Å². The van der Waals surface area contributed by atoms with Crippen molar-refractivity contribution in [1.29, 1.82) is 0 Å². The molecule has 2 aliphatic rings. The van der Waals surface area contributed by atoms with Gasteiger partial charge in [-0.1, -0.05) is 17.8 Å². The van der Waals surface area contributed by atoms with E-state index in [9.17, 15) is 5.11 Å². The van der Waals surface area contributed by atoms with Crippen molar-refractivity contribution < 1.29 is 9.84 Å². The Bertz CT molecular complexity index is 759. The van der Waals surface area contributed by atoms with E-state index in [4.69, 9.17) is 4.74 Å². The highest BCUT2D eigenvalue weighted by Crippen LogP contribution is 2.51. The first-order valence-corrected chi connectivity index (χ1v) is 8.07. The fourth-order valence-electron chi connectivity index (χ4n) is 2.44. The van der Waals surface area contributed by atoms with Crippen LogP contribution in [0.25, 0.3) is 0 Å². The number of phenols is 1. The van der Waals surface area contributed by atoms with E-state index in [-0.39, 0.29) is 11.1 Å². The van der Waals surface area contributed by atoms with Gasteiger partial charge in [0.05, 0.1) is 7.11 Å². The molecular weight excluding hydrogens is 308 g/mol. The lowest BCUT2D eigenvalue weighted by molar-refractivity contribution is 0.373. The molecule has 8 heteroatoms. The molecule has 2 aliphatic heterocycles. The third-order valence-electron chi connectivity index (χ3n) is 3.41. The zero-order chi connectivity index (χ0) is 14.6. The quantitative estimate of drug-likeness (QED) is 0.912. The summed E-state index contributed by atoms with van der Waals surface area (Å²) in [6.07, 6.45) is 0. The second-order valence-electron chi connectivity index (χ2n) is 4.66. The number of ether oxygens (including phenoxy) is 1. The molecule has 6 nitrogen and oxygen atoms in total. The fraction of sp³-hybridized carbons (Fsp3) is 0.231. The first kappa shape index (κ1) is 12.9. The van der Waals surface area contributed by atoms with Gasteiger partial charge in [0.15, 0.2) is 17.3 Å². The van der Waals surface area contributed by atoms with Gasteiger partial charge in [-0.05, 0) is 36.4 Å². The molecule has 0 saturated heterocycles. The van der Waals surface area contributed by atoms with Crippen molar-refractivity contribution in [3.05, 3.63) is 40.0 Å². The van der Waals surface area contributed by atoms with E-state index in [1.165, 1.54) is 0 Å². The Morgan fingerprint density at radius 3 is 3.00 bits per heavy atom. The molecule has 2 aromatic rings. The Kier molecular flexibility index (Phi) is 2.83. The van der Waals surface area contributed by atoms with Crippen LogP contribution < -0.4 is 9.75 Å². The fourth-order valence-corrected chi connectivity index (χ4v) is 4.70. The Morgan fingerprint density at radius 1 is 1.33 bits per heavy atom. The topological polar surface area (TPSA) is 63.4 Å². The van der Waals surface area contributed by atoms with Gasteiger partial charge in [0, 0.05) is 5.41 Å². The van der Waals surface area contributed by atoms with E-state index in [1.807, 2.05) is 23.7 Å². The number of rotatable bonds is 2. The minimum absolute atomic E-state index is 0.0814. The molecule has 21 heavy (non-hydrogen) atoms. The Morgan fingerprint density at radius 2 is 2.19 bits per heavy atom. The summed E-state index contributed by atoms with van der Waals surface area (Å²) in [7, 11) is 1.55.